The number of benzene rings is 2. The summed E-state index contributed by atoms with van der Waals surface area (Å²) in [5, 5.41) is 1.15. The highest BCUT2D eigenvalue weighted by molar-refractivity contribution is 5.94. The molecule has 0 radical (unpaired) electrons. The van der Waals surface area contributed by atoms with Crippen molar-refractivity contribution in [2.45, 2.75) is 13.0 Å². The number of para-hydroxylation sites is 1. The molecular formula is C17H16N2. The van der Waals surface area contributed by atoms with E-state index in [0.29, 0.717) is 0 Å². The minimum atomic E-state index is 0.00942. The first-order chi connectivity index (χ1) is 9.27. The molecule has 2 heteroatoms. The third kappa shape index (κ3) is 2.11. The van der Waals surface area contributed by atoms with Gasteiger partial charge in [0.2, 0.25) is 0 Å². The average molecular weight is 248 g/mol. The quantitative estimate of drug-likeness (QED) is 0.746. The predicted octanol–water partition coefficient (Wildman–Crippen LogP) is 3.92. The molecule has 1 atom stereocenters. The molecule has 0 bridgehead atoms. The Hall–Kier alpha value is -2.19. The van der Waals surface area contributed by atoms with Crippen molar-refractivity contribution in [1.82, 2.24) is 4.98 Å². The summed E-state index contributed by atoms with van der Waals surface area (Å²) in [6.07, 6.45) is 1.83. The second-order valence-corrected chi connectivity index (χ2v) is 4.76. The normalized spacial score (nSPS) is 12.5. The lowest BCUT2D eigenvalue weighted by atomic mass is 9.94. The van der Waals surface area contributed by atoms with Crippen LogP contribution in [0.25, 0.3) is 22.0 Å². The van der Waals surface area contributed by atoms with Crippen LogP contribution >= 0.6 is 0 Å². The van der Waals surface area contributed by atoms with E-state index in [-0.39, 0.29) is 6.04 Å². The highest BCUT2D eigenvalue weighted by Gasteiger charge is 2.11. The molecular weight excluding hydrogens is 232 g/mol. The third-order valence-electron chi connectivity index (χ3n) is 3.37. The zero-order valence-electron chi connectivity index (χ0n) is 10.9. The number of aromatic nitrogens is 1. The smallest absolute Gasteiger partial charge is 0.0780 e. The summed E-state index contributed by atoms with van der Waals surface area (Å²) in [4.78, 5) is 4.52. The molecule has 3 aromatic rings. The van der Waals surface area contributed by atoms with Crippen LogP contribution in [0.1, 0.15) is 18.5 Å². The number of fused-ring (bicyclic) bond motifs is 1. The summed E-state index contributed by atoms with van der Waals surface area (Å²) < 4.78 is 0. The van der Waals surface area contributed by atoms with Crippen molar-refractivity contribution in [3.8, 4) is 11.1 Å². The SMILES string of the molecule is CC(N)c1ccccc1-c1cccc2cccnc12. The van der Waals surface area contributed by atoms with Gasteiger partial charge in [-0.15, -0.1) is 0 Å². The molecule has 0 aliphatic rings. The summed E-state index contributed by atoms with van der Waals surface area (Å²) in [5.41, 5.74) is 10.6. The molecule has 1 heterocycles. The minimum absolute atomic E-state index is 0.00942. The largest absolute Gasteiger partial charge is 0.324 e. The maximum Gasteiger partial charge on any atom is 0.0780 e. The Kier molecular flexibility index (Phi) is 3.02. The molecule has 94 valence electrons. The Morgan fingerprint density at radius 2 is 1.63 bits per heavy atom. The summed E-state index contributed by atoms with van der Waals surface area (Å²) in [6.45, 7) is 2.01. The van der Waals surface area contributed by atoms with Gasteiger partial charge in [0.1, 0.15) is 0 Å². The molecule has 3 rings (SSSR count). The Morgan fingerprint density at radius 3 is 2.47 bits per heavy atom. The lowest BCUT2D eigenvalue weighted by Gasteiger charge is -2.14. The number of hydrogen-bond acceptors (Lipinski definition) is 2. The average Bonchev–Trinajstić information content (AvgIpc) is 2.46. The van der Waals surface area contributed by atoms with Gasteiger partial charge in [0.05, 0.1) is 5.52 Å². The molecule has 1 unspecified atom stereocenters. The van der Waals surface area contributed by atoms with E-state index in [4.69, 9.17) is 5.73 Å². The van der Waals surface area contributed by atoms with Gasteiger partial charge in [0.25, 0.3) is 0 Å². The fourth-order valence-corrected chi connectivity index (χ4v) is 2.46. The number of nitrogens with two attached hydrogens (primary N) is 1. The highest BCUT2D eigenvalue weighted by atomic mass is 14.7. The van der Waals surface area contributed by atoms with Crippen LogP contribution in [-0.4, -0.2) is 4.98 Å². The van der Waals surface area contributed by atoms with Crippen molar-refractivity contribution in [1.29, 1.82) is 0 Å². The van der Waals surface area contributed by atoms with Crippen molar-refractivity contribution in [3.05, 3.63) is 66.4 Å². The van der Waals surface area contributed by atoms with Crippen LogP contribution in [0.3, 0.4) is 0 Å². The monoisotopic (exact) mass is 248 g/mol. The maximum absolute atomic E-state index is 6.08. The van der Waals surface area contributed by atoms with Gasteiger partial charge in [0, 0.05) is 23.2 Å². The van der Waals surface area contributed by atoms with E-state index in [1.54, 1.807) is 0 Å². The van der Waals surface area contributed by atoms with Gasteiger partial charge in [-0.2, -0.15) is 0 Å². The zero-order valence-corrected chi connectivity index (χ0v) is 10.9. The maximum atomic E-state index is 6.08. The topological polar surface area (TPSA) is 38.9 Å². The second kappa shape index (κ2) is 4.82. The molecule has 2 N–H and O–H groups in total. The van der Waals surface area contributed by atoms with E-state index in [2.05, 4.69) is 41.4 Å². The molecule has 0 spiro atoms. The standard InChI is InChI=1S/C17H16N2/c1-12(18)14-8-2-3-9-15(14)16-10-4-6-13-7-5-11-19-17(13)16/h2-12H,18H2,1H3. The van der Waals surface area contributed by atoms with Gasteiger partial charge in [-0.05, 0) is 24.1 Å². The van der Waals surface area contributed by atoms with Crippen molar-refractivity contribution in [3.63, 3.8) is 0 Å². The lowest BCUT2D eigenvalue weighted by molar-refractivity contribution is 0.820. The van der Waals surface area contributed by atoms with E-state index < -0.39 is 0 Å². The number of pyridine rings is 1. The van der Waals surface area contributed by atoms with Crippen LogP contribution < -0.4 is 5.73 Å². The molecule has 1 aromatic heterocycles. The van der Waals surface area contributed by atoms with E-state index in [1.807, 2.05) is 31.3 Å². The molecule has 0 fully saturated rings. The van der Waals surface area contributed by atoms with Crippen LogP contribution in [0.2, 0.25) is 0 Å². The van der Waals surface area contributed by atoms with Crippen LogP contribution in [0.15, 0.2) is 60.8 Å². The summed E-state index contributed by atoms with van der Waals surface area (Å²) in [7, 11) is 0. The van der Waals surface area contributed by atoms with Crippen LogP contribution in [0, 0.1) is 0 Å². The van der Waals surface area contributed by atoms with E-state index in [0.717, 1.165) is 22.0 Å². The Balaban J connectivity index is 2.31. The molecule has 19 heavy (non-hydrogen) atoms. The van der Waals surface area contributed by atoms with Crippen molar-refractivity contribution < 1.29 is 0 Å². The van der Waals surface area contributed by atoms with E-state index in [9.17, 15) is 0 Å². The highest BCUT2D eigenvalue weighted by Crippen LogP contribution is 2.31. The van der Waals surface area contributed by atoms with Crippen molar-refractivity contribution >= 4 is 10.9 Å². The second-order valence-electron chi connectivity index (χ2n) is 4.76. The van der Waals surface area contributed by atoms with Gasteiger partial charge < -0.3 is 5.73 Å². The third-order valence-corrected chi connectivity index (χ3v) is 3.37. The minimum Gasteiger partial charge on any atom is -0.324 e. The Morgan fingerprint density at radius 1 is 0.895 bits per heavy atom. The fraction of sp³-hybridized carbons (Fsp3) is 0.118. The summed E-state index contributed by atoms with van der Waals surface area (Å²) >= 11 is 0. The van der Waals surface area contributed by atoms with Gasteiger partial charge in [0.15, 0.2) is 0 Å². The van der Waals surface area contributed by atoms with E-state index in [1.165, 1.54) is 5.56 Å². The number of rotatable bonds is 2. The zero-order chi connectivity index (χ0) is 13.2. The van der Waals surface area contributed by atoms with Crippen LogP contribution in [0.4, 0.5) is 0 Å². The Labute approximate surface area is 112 Å². The first-order valence-corrected chi connectivity index (χ1v) is 6.46. The molecule has 0 amide bonds. The predicted molar refractivity (Wildman–Crippen MR) is 79.8 cm³/mol. The van der Waals surface area contributed by atoms with Gasteiger partial charge >= 0.3 is 0 Å². The first-order valence-electron chi connectivity index (χ1n) is 6.46. The van der Waals surface area contributed by atoms with Gasteiger partial charge in [-0.1, -0.05) is 48.5 Å². The number of hydrogen-bond donors (Lipinski definition) is 1. The molecule has 0 saturated heterocycles. The lowest BCUT2D eigenvalue weighted by Crippen LogP contribution is -2.06. The van der Waals surface area contributed by atoms with Crippen molar-refractivity contribution in [2.24, 2.45) is 5.73 Å². The molecule has 0 aliphatic carbocycles. The fourth-order valence-electron chi connectivity index (χ4n) is 2.46. The Bertz CT molecular complexity index is 712. The van der Waals surface area contributed by atoms with E-state index >= 15 is 0 Å². The van der Waals surface area contributed by atoms with Crippen molar-refractivity contribution in [2.75, 3.05) is 0 Å². The molecule has 2 nitrogen and oxygen atoms in total. The molecule has 2 aromatic carbocycles. The summed E-state index contributed by atoms with van der Waals surface area (Å²) in [6, 6.07) is 18.6. The number of nitrogens with zero attached hydrogens (tertiary/aromatic N) is 1. The summed E-state index contributed by atoms with van der Waals surface area (Å²) in [5.74, 6) is 0. The molecule has 0 aliphatic heterocycles. The van der Waals surface area contributed by atoms with Crippen LogP contribution in [0.5, 0.6) is 0 Å². The molecule has 0 saturated carbocycles. The van der Waals surface area contributed by atoms with Gasteiger partial charge in [-0.3, -0.25) is 4.98 Å². The van der Waals surface area contributed by atoms with Gasteiger partial charge in [-0.25, -0.2) is 0 Å². The first kappa shape index (κ1) is 11.9. The van der Waals surface area contributed by atoms with Crippen LogP contribution in [-0.2, 0) is 0 Å².